The Morgan fingerprint density at radius 1 is 1.53 bits per heavy atom. The summed E-state index contributed by atoms with van der Waals surface area (Å²) in [5.41, 5.74) is 0. The van der Waals surface area contributed by atoms with Crippen molar-refractivity contribution in [2.75, 3.05) is 7.11 Å². The number of nitrogens with one attached hydrogen (secondary N) is 1. The van der Waals surface area contributed by atoms with E-state index >= 15 is 0 Å². The van der Waals surface area contributed by atoms with Crippen LogP contribution in [0, 0.1) is 0 Å². The fourth-order valence-electron chi connectivity index (χ4n) is 1.28. The van der Waals surface area contributed by atoms with E-state index in [1.54, 1.807) is 0 Å². The largest absolute Gasteiger partial charge is 0.494 e. The summed E-state index contributed by atoms with van der Waals surface area (Å²) in [6, 6.07) is 1.38. The summed E-state index contributed by atoms with van der Waals surface area (Å²) >= 11 is 8.92. The summed E-state index contributed by atoms with van der Waals surface area (Å²) in [5.74, 6) is -1.24. The Balaban J connectivity index is 3.32. The van der Waals surface area contributed by atoms with Gasteiger partial charge in [0.1, 0.15) is 10.9 Å². The minimum absolute atomic E-state index is 0.0505. The second kappa shape index (κ2) is 6.08. The molecule has 0 aliphatic carbocycles. The van der Waals surface area contributed by atoms with Crippen molar-refractivity contribution in [3.63, 3.8) is 0 Å². The van der Waals surface area contributed by atoms with Crippen LogP contribution in [0.25, 0.3) is 0 Å². The lowest BCUT2D eigenvalue weighted by atomic mass is 10.3. The van der Waals surface area contributed by atoms with Crippen LogP contribution in [0.1, 0.15) is 6.92 Å². The average molecular weight is 373 g/mol. The topological polar surface area (TPSA) is 92.7 Å². The molecule has 0 spiro atoms. The third kappa shape index (κ3) is 3.82. The van der Waals surface area contributed by atoms with E-state index in [4.69, 9.17) is 21.4 Å². The van der Waals surface area contributed by atoms with Gasteiger partial charge in [-0.25, -0.2) is 8.42 Å². The zero-order chi connectivity index (χ0) is 14.8. The number of ether oxygens (including phenoxy) is 1. The van der Waals surface area contributed by atoms with Gasteiger partial charge < -0.3 is 9.84 Å². The van der Waals surface area contributed by atoms with Gasteiger partial charge in [0.15, 0.2) is 5.75 Å². The van der Waals surface area contributed by atoms with Crippen molar-refractivity contribution in [1.82, 2.24) is 4.72 Å². The number of benzene rings is 1. The van der Waals surface area contributed by atoms with E-state index in [1.165, 1.54) is 26.2 Å². The summed E-state index contributed by atoms with van der Waals surface area (Å²) in [6.45, 7) is 1.21. The Hall–Kier alpha value is -0.830. The summed E-state index contributed by atoms with van der Waals surface area (Å²) in [7, 11) is -2.76. The highest BCUT2D eigenvalue weighted by Crippen LogP contribution is 2.35. The molecule has 6 nitrogen and oxygen atoms in total. The molecule has 19 heavy (non-hydrogen) atoms. The first-order valence-corrected chi connectivity index (χ1v) is 7.62. The number of carboxylic acid groups (broad SMARTS) is 1. The van der Waals surface area contributed by atoms with Crippen molar-refractivity contribution in [1.29, 1.82) is 0 Å². The molecule has 0 fully saturated rings. The molecule has 106 valence electrons. The predicted molar refractivity (Wildman–Crippen MR) is 73.1 cm³/mol. The van der Waals surface area contributed by atoms with Crippen LogP contribution in [0.15, 0.2) is 21.5 Å². The van der Waals surface area contributed by atoms with Gasteiger partial charge in [-0.15, -0.1) is 0 Å². The van der Waals surface area contributed by atoms with Crippen molar-refractivity contribution in [3.8, 4) is 5.75 Å². The van der Waals surface area contributed by atoms with Crippen molar-refractivity contribution in [2.45, 2.75) is 17.9 Å². The zero-order valence-corrected chi connectivity index (χ0v) is 13.1. The van der Waals surface area contributed by atoms with Crippen LogP contribution < -0.4 is 9.46 Å². The molecule has 1 aromatic rings. The van der Waals surface area contributed by atoms with Crippen molar-refractivity contribution in [2.24, 2.45) is 0 Å². The Morgan fingerprint density at radius 3 is 2.58 bits per heavy atom. The normalized spacial score (nSPS) is 13.1. The summed E-state index contributed by atoms with van der Waals surface area (Å²) in [5, 5.41) is 8.91. The minimum Gasteiger partial charge on any atom is -0.494 e. The average Bonchev–Trinajstić information content (AvgIpc) is 2.27. The van der Waals surface area contributed by atoms with Crippen LogP contribution in [-0.2, 0) is 14.8 Å². The number of carbonyl (C=O) groups is 1. The zero-order valence-electron chi connectivity index (χ0n) is 9.98. The van der Waals surface area contributed by atoms with Crippen LogP contribution in [0.5, 0.6) is 5.75 Å². The molecule has 9 heteroatoms. The number of carboxylic acids is 1. The molecule has 0 amide bonds. The molecule has 0 saturated heterocycles. The maximum Gasteiger partial charge on any atom is 0.321 e. The number of halogens is 2. The van der Waals surface area contributed by atoms with E-state index < -0.39 is 22.0 Å². The lowest BCUT2D eigenvalue weighted by Gasteiger charge is -2.14. The van der Waals surface area contributed by atoms with Crippen molar-refractivity contribution < 1.29 is 23.1 Å². The monoisotopic (exact) mass is 371 g/mol. The van der Waals surface area contributed by atoms with E-state index in [9.17, 15) is 13.2 Å². The van der Waals surface area contributed by atoms with Gasteiger partial charge in [0.25, 0.3) is 0 Å². The highest BCUT2D eigenvalue weighted by molar-refractivity contribution is 9.10. The smallest absolute Gasteiger partial charge is 0.321 e. The first-order chi connectivity index (χ1) is 8.69. The molecule has 0 aromatic heterocycles. The second-order valence-electron chi connectivity index (χ2n) is 3.60. The molecule has 2 N–H and O–H groups in total. The number of hydrogen-bond donors (Lipinski definition) is 2. The minimum atomic E-state index is -4.06. The summed E-state index contributed by atoms with van der Waals surface area (Å²) < 4.78 is 31.5. The van der Waals surface area contributed by atoms with Gasteiger partial charge in [-0.3, -0.25) is 4.79 Å². The molecule has 1 aromatic carbocycles. The molecule has 1 atom stereocenters. The molecule has 0 bridgehead atoms. The SMILES string of the molecule is COc1c(Br)cc(Cl)cc1S(=O)(=O)N[C@@H](C)C(=O)O. The molecule has 0 aliphatic rings. The molecule has 0 aliphatic heterocycles. The van der Waals surface area contributed by atoms with Crippen molar-refractivity contribution in [3.05, 3.63) is 21.6 Å². The number of hydrogen-bond acceptors (Lipinski definition) is 4. The van der Waals surface area contributed by atoms with E-state index in [0.717, 1.165) is 0 Å². The fourth-order valence-corrected chi connectivity index (χ4v) is 3.86. The number of sulfonamides is 1. The van der Waals surface area contributed by atoms with Crippen LogP contribution in [0.4, 0.5) is 0 Å². The number of rotatable bonds is 5. The quantitative estimate of drug-likeness (QED) is 0.823. The van der Waals surface area contributed by atoms with Gasteiger partial charge in [-0.1, -0.05) is 11.6 Å². The number of methoxy groups -OCH3 is 1. The van der Waals surface area contributed by atoms with Crippen molar-refractivity contribution >= 4 is 43.5 Å². The molecule has 0 saturated carbocycles. The van der Waals surface area contributed by atoms with E-state index in [2.05, 4.69) is 15.9 Å². The first kappa shape index (κ1) is 16.2. The maximum absolute atomic E-state index is 12.1. The van der Waals surface area contributed by atoms with Gasteiger partial charge in [-0.2, -0.15) is 4.72 Å². The molecular formula is C10H11BrClNO5S. The second-order valence-corrected chi connectivity index (χ2v) is 6.57. The molecule has 1 rings (SSSR count). The van der Waals surface area contributed by atoms with Crippen LogP contribution in [-0.4, -0.2) is 32.6 Å². The third-order valence-corrected chi connectivity index (χ3v) is 4.52. The van der Waals surface area contributed by atoms with Crippen LogP contribution >= 0.6 is 27.5 Å². The fraction of sp³-hybridized carbons (Fsp3) is 0.300. The molecule has 0 radical (unpaired) electrons. The molecule has 0 heterocycles. The van der Waals surface area contributed by atoms with Gasteiger partial charge in [0.2, 0.25) is 10.0 Å². The van der Waals surface area contributed by atoms with E-state index in [1.807, 2.05) is 4.72 Å². The maximum atomic E-state index is 12.1. The highest BCUT2D eigenvalue weighted by Gasteiger charge is 2.26. The summed E-state index contributed by atoms with van der Waals surface area (Å²) in [4.78, 5) is 10.5. The van der Waals surface area contributed by atoms with Gasteiger partial charge in [0, 0.05) is 5.02 Å². The number of aliphatic carboxylic acids is 1. The Bertz CT molecular complexity index is 604. The lowest BCUT2D eigenvalue weighted by molar-refractivity contribution is -0.138. The standard InChI is InChI=1S/C10H11BrClNO5S/c1-5(10(14)15)13-19(16,17)8-4-6(12)3-7(11)9(8)18-2/h3-5,13H,1-2H3,(H,14,15)/t5-/m0/s1. The first-order valence-electron chi connectivity index (χ1n) is 4.97. The Morgan fingerprint density at radius 2 is 2.11 bits per heavy atom. The molecular weight excluding hydrogens is 362 g/mol. The van der Waals surface area contributed by atoms with Gasteiger partial charge in [-0.05, 0) is 35.0 Å². The molecule has 0 unspecified atom stereocenters. The van der Waals surface area contributed by atoms with Crippen LogP contribution in [0.3, 0.4) is 0 Å². The van der Waals surface area contributed by atoms with Gasteiger partial charge in [0.05, 0.1) is 11.6 Å². The Labute approximate surface area is 123 Å². The predicted octanol–water partition coefficient (Wildman–Crippen LogP) is 1.86. The third-order valence-electron chi connectivity index (χ3n) is 2.17. The Kier molecular flexibility index (Phi) is 5.19. The van der Waals surface area contributed by atoms with Gasteiger partial charge >= 0.3 is 5.97 Å². The highest BCUT2D eigenvalue weighted by atomic mass is 79.9. The summed E-state index contributed by atoms with van der Waals surface area (Å²) in [6.07, 6.45) is 0. The lowest BCUT2D eigenvalue weighted by Crippen LogP contribution is -2.38. The van der Waals surface area contributed by atoms with E-state index in [0.29, 0.717) is 4.47 Å². The van der Waals surface area contributed by atoms with Crippen LogP contribution in [0.2, 0.25) is 5.02 Å². The van der Waals surface area contributed by atoms with E-state index in [-0.39, 0.29) is 15.7 Å².